The van der Waals surface area contributed by atoms with E-state index in [1.165, 1.54) is 0 Å². The van der Waals surface area contributed by atoms with Crippen molar-refractivity contribution in [3.05, 3.63) is 29.8 Å². The maximum absolute atomic E-state index is 9.11. The molecule has 1 aliphatic rings. The average molecular weight is 206 g/mol. The molecular formula is C12H14O3. The first-order chi connectivity index (χ1) is 7.25. The Hall–Kier alpha value is -1.48. The maximum Gasteiger partial charge on any atom is 0.161 e. The van der Waals surface area contributed by atoms with Crippen LogP contribution in [0.25, 0.3) is 6.08 Å². The van der Waals surface area contributed by atoms with E-state index in [1.807, 2.05) is 24.3 Å². The Labute approximate surface area is 88.9 Å². The Morgan fingerprint density at radius 1 is 1.27 bits per heavy atom. The smallest absolute Gasteiger partial charge is 0.161 e. The lowest BCUT2D eigenvalue weighted by atomic mass is 10.1. The summed E-state index contributed by atoms with van der Waals surface area (Å²) < 4.78 is 10.9. The number of fused-ring (bicyclic) bond motifs is 1. The van der Waals surface area contributed by atoms with Crippen molar-refractivity contribution in [2.45, 2.75) is 13.0 Å². The van der Waals surface area contributed by atoms with Gasteiger partial charge in [-0.3, -0.25) is 0 Å². The van der Waals surface area contributed by atoms with E-state index < -0.39 is 6.10 Å². The summed E-state index contributed by atoms with van der Waals surface area (Å²) in [5.41, 5.74) is 1.00. The van der Waals surface area contributed by atoms with Gasteiger partial charge in [-0.2, -0.15) is 0 Å². The molecule has 1 heterocycles. The van der Waals surface area contributed by atoms with Crippen molar-refractivity contribution in [1.29, 1.82) is 0 Å². The Balaban J connectivity index is 2.20. The number of aliphatic hydroxyl groups is 1. The molecule has 1 aliphatic heterocycles. The van der Waals surface area contributed by atoms with Gasteiger partial charge in [-0.15, -0.1) is 0 Å². The molecule has 0 bridgehead atoms. The molecule has 0 saturated heterocycles. The molecule has 0 aliphatic carbocycles. The molecule has 2 rings (SSSR count). The van der Waals surface area contributed by atoms with Crippen LogP contribution in [0, 0.1) is 0 Å². The van der Waals surface area contributed by atoms with E-state index in [-0.39, 0.29) is 0 Å². The lowest BCUT2D eigenvalue weighted by molar-refractivity contribution is 0.171. The minimum Gasteiger partial charge on any atom is -0.486 e. The molecule has 1 aromatic carbocycles. The second-order valence-corrected chi connectivity index (χ2v) is 3.50. The van der Waals surface area contributed by atoms with Crippen LogP contribution < -0.4 is 9.47 Å². The molecule has 0 aromatic heterocycles. The summed E-state index contributed by atoms with van der Waals surface area (Å²) in [5, 5.41) is 9.11. The number of rotatable bonds is 2. The van der Waals surface area contributed by atoms with Crippen molar-refractivity contribution in [2.75, 3.05) is 13.2 Å². The first-order valence-electron chi connectivity index (χ1n) is 5.01. The first kappa shape index (κ1) is 10.1. The number of ether oxygens (including phenoxy) is 2. The second kappa shape index (κ2) is 4.36. The zero-order valence-corrected chi connectivity index (χ0v) is 8.64. The first-order valence-corrected chi connectivity index (χ1v) is 5.01. The summed E-state index contributed by atoms with van der Waals surface area (Å²) >= 11 is 0. The molecule has 0 saturated carbocycles. The minimum atomic E-state index is -0.432. The van der Waals surface area contributed by atoms with Gasteiger partial charge < -0.3 is 14.6 Å². The zero-order valence-electron chi connectivity index (χ0n) is 8.64. The van der Waals surface area contributed by atoms with Crippen LogP contribution in [0.15, 0.2) is 24.3 Å². The van der Waals surface area contributed by atoms with Gasteiger partial charge in [0.15, 0.2) is 11.5 Å². The van der Waals surface area contributed by atoms with Crippen LogP contribution >= 0.6 is 0 Å². The van der Waals surface area contributed by atoms with E-state index in [0.29, 0.717) is 13.2 Å². The van der Waals surface area contributed by atoms with Crippen LogP contribution in [0.1, 0.15) is 12.5 Å². The molecule has 80 valence electrons. The fourth-order valence-corrected chi connectivity index (χ4v) is 1.41. The van der Waals surface area contributed by atoms with E-state index in [0.717, 1.165) is 17.1 Å². The Kier molecular flexibility index (Phi) is 2.92. The van der Waals surface area contributed by atoms with E-state index in [9.17, 15) is 0 Å². The number of aliphatic hydroxyl groups excluding tert-OH is 1. The minimum absolute atomic E-state index is 0.432. The van der Waals surface area contributed by atoms with Gasteiger partial charge in [0.05, 0.1) is 6.10 Å². The monoisotopic (exact) mass is 206 g/mol. The van der Waals surface area contributed by atoms with Gasteiger partial charge in [0.1, 0.15) is 13.2 Å². The number of benzene rings is 1. The lowest BCUT2D eigenvalue weighted by Crippen LogP contribution is -2.15. The third-order valence-electron chi connectivity index (χ3n) is 2.13. The normalized spacial score (nSPS) is 16.7. The summed E-state index contributed by atoms with van der Waals surface area (Å²) in [4.78, 5) is 0. The van der Waals surface area contributed by atoms with Crippen LogP contribution in [-0.4, -0.2) is 24.4 Å². The lowest BCUT2D eigenvalue weighted by Gasteiger charge is -2.18. The summed E-state index contributed by atoms with van der Waals surface area (Å²) in [7, 11) is 0. The van der Waals surface area contributed by atoms with Gasteiger partial charge in [0.2, 0.25) is 0 Å². The fraction of sp³-hybridized carbons (Fsp3) is 0.333. The van der Waals surface area contributed by atoms with Crippen LogP contribution in [-0.2, 0) is 0 Å². The molecule has 15 heavy (non-hydrogen) atoms. The maximum atomic E-state index is 9.11. The van der Waals surface area contributed by atoms with E-state index in [1.54, 1.807) is 13.0 Å². The van der Waals surface area contributed by atoms with Gasteiger partial charge in [-0.1, -0.05) is 18.2 Å². The molecule has 0 amide bonds. The SMILES string of the molecule is CC(O)/C=C/c1ccc2c(c1)OCCO2. The highest BCUT2D eigenvalue weighted by Crippen LogP contribution is 2.31. The molecule has 1 aromatic rings. The van der Waals surface area contributed by atoms with Crippen LogP contribution in [0.5, 0.6) is 11.5 Å². The van der Waals surface area contributed by atoms with Gasteiger partial charge in [-0.05, 0) is 24.6 Å². The third-order valence-corrected chi connectivity index (χ3v) is 2.13. The Bertz CT molecular complexity index is 369. The zero-order chi connectivity index (χ0) is 10.7. The van der Waals surface area contributed by atoms with Crippen molar-refractivity contribution in [3.63, 3.8) is 0 Å². The molecule has 3 heteroatoms. The average Bonchev–Trinajstić information content (AvgIpc) is 2.26. The molecule has 0 radical (unpaired) electrons. The highest BCUT2D eigenvalue weighted by Gasteiger charge is 2.10. The van der Waals surface area contributed by atoms with Gasteiger partial charge >= 0.3 is 0 Å². The second-order valence-electron chi connectivity index (χ2n) is 3.50. The van der Waals surface area contributed by atoms with Crippen LogP contribution in [0.3, 0.4) is 0 Å². The van der Waals surface area contributed by atoms with Crippen LogP contribution in [0.2, 0.25) is 0 Å². The summed E-state index contributed by atoms with van der Waals surface area (Å²) in [6, 6.07) is 5.73. The molecule has 0 fully saturated rings. The third kappa shape index (κ3) is 2.50. The Morgan fingerprint density at radius 3 is 2.73 bits per heavy atom. The molecule has 1 unspecified atom stereocenters. The molecule has 1 N–H and O–H groups in total. The van der Waals surface area contributed by atoms with Crippen molar-refractivity contribution in [3.8, 4) is 11.5 Å². The van der Waals surface area contributed by atoms with Crippen molar-refractivity contribution < 1.29 is 14.6 Å². The van der Waals surface area contributed by atoms with Crippen molar-refractivity contribution >= 4 is 6.08 Å². The molecule has 3 nitrogen and oxygen atoms in total. The van der Waals surface area contributed by atoms with Crippen molar-refractivity contribution in [2.24, 2.45) is 0 Å². The highest BCUT2D eigenvalue weighted by molar-refractivity contribution is 5.56. The summed E-state index contributed by atoms with van der Waals surface area (Å²) in [6.45, 7) is 2.92. The largest absolute Gasteiger partial charge is 0.486 e. The standard InChI is InChI=1S/C12H14O3/c1-9(13)2-3-10-4-5-11-12(8-10)15-7-6-14-11/h2-5,8-9,13H,6-7H2,1H3/b3-2+. The van der Waals surface area contributed by atoms with Crippen LogP contribution in [0.4, 0.5) is 0 Å². The van der Waals surface area contributed by atoms with Gasteiger partial charge in [-0.25, -0.2) is 0 Å². The molecular weight excluding hydrogens is 192 g/mol. The van der Waals surface area contributed by atoms with Gasteiger partial charge in [0, 0.05) is 0 Å². The predicted octanol–water partition coefficient (Wildman–Crippen LogP) is 1.85. The summed E-state index contributed by atoms with van der Waals surface area (Å²) in [5.74, 6) is 1.56. The number of hydrogen-bond donors (Lipinski definition) is 1. The Morgan fingerprint density at radius 2 is 2.00 bits per heavy atom. The molecule has 1 atom stereocenters. The highest BCUT2D eigenvalue weighted by atomic mass is 16.6. The molecule has 0 spiro atoms. The van der Waals surface area contributed by atoms with Crippen molar-refractivity contribution in [1.82, 2.24) is 0 Å². The predicted molar refractivity (Wildman–Crippen MR) is 58.1 cm³/mol. The number of hydrogen-bond acceptors (Lipinski definition) is 3. The fourth-order valence-electron chi connectivity index (χ4n) is 1.41. The van der Waals surface area contributed by atoms with Gasteiger partial charge in [0.25, 0.3) is 0 Å². The topological polar surface area (TPSA) is 38.7 Å². The van der Waals surface area contributed by atoms with E-state index in [2.05, 4.69) is 0 Å². The van der Waals surface area contributed by atoms with E-state index >= 15 is 0 Å². The quantitative estimate of drug-likeness (QED) is 0.802. The summed E-state index contributed by atoms with van der Waals surface area (Å²) in [6.07, 6.45) is 3.16. The van der Waals surface area contributed by atoms with E-state index in [4.69, 9.17) is 14.6 Å².